The number of rotatable bonds is 6. The molecule has 2 aliphatic rings. The summed E-state index contributed by atoms with van der Waals surface area (Å²) in [6.07, 6.45) is 5.79. The summed E-state index contributed by atoms with van der Waals surface area (Å²) in [6.45, 7) is 1.64. The molecule has 3 rings (SSSR count). The predicted molar refractivity (Wildman–Crippen MR) is 107 cm³/mol. The lowest BCUT2D eigenvalue weighted by atomic mass is 9.93. The molecule has 2 fully saturated rings. The van der Waals surface area contributed by atoms with E-state index in [1.54, 1.807) is 4.90 Å². The molecule has 0 aromatic heterocycles. The van der Waals surface area contributed by atoms with Crippen LogP contribution < -0.4 is 15.8 Å². The number of carbonyl (C=O) groups excluding carboxylic acids is 2. The lowest BCUT2D eigenvalue weighted by Crippen LogP contribution is -2.55. The molecule has 1 saturated heterocycles. The number of carbonyl (C=O) groups is 2. The van der Waals surface area contributed by atoms with E-state index in [0.29, 0.717) is 25.4 Å². The SMILES string of the molecule is Cl.NCC1(NC(=O)C2CCCN(C(=O)COc3ccccc3)C2)CCCC1. The fraction of sp³-hybridized carbons (Fsp3) is 0.600. The van der Waals surface area contributed by atoms with Gasteiger partial charge in [0.05, 0.1) is 11.5 Å². The second-order valence-corrected chi connectivity index (χ2v) is 7.46. The van der Waals surface area contributed by atoms with Crippen molar-refractivity contribution in [3.63, 3.8) is 0 Å². The highest BCUT2D eigenvalue weighted by molar-refractivity contribution is 5.85. The molecule has 7 heteroatoms. The molecule has 1 aromatic rings. The van der Waals surface area contributed by atoms with Crippen LogP contribution in [0.4, 0.5) is 0 Å². The van der Waals surface area contributed by atoms with E-state index in [1.807, 2.05) is 30.3 Å². The fourth-order valence-electron chi connectivity index (χ4n) is 3.97. The molecule has 27 heavy (non-hydrogen) atoms. The summed E-state index contributed by atoms with van der Waals surface area (Å²) >= 11 is 0. The van der Waals surface area contributed by atoms with Crippen LogP contribution in [0.25, 0.3) is 0 Å². The first-order valence-electron chi connectivity index (χ1n) is 9.60. The maximum Gasteiger partial charge on any atom is 0.260 e. The summed E-state index contributed by atoms with van der Waals surface area (Å²) in [4.78, 5) is 26.9. The van der Waals surface area contributed by atoms with E-state index in [0.717, 1.165) is 38.5 Å². The van der Waals surface area contributed by atoms with Crippen LogP contribution in [0.1, 0.15) is 38.5 Å². The first-order valence-corrected chi connectivity index (χ1v) is 9.60. The monoisotopic (exact) mass is 395 g/mol. The minimum Gasteiger partial charge on any atom is -0.484 e. The molecule has 1 atom stereocenters. The highest BCUT2D eigenvalue weighted by Gasteiger charge is 2.37. The lowest BCUT2D eigenvalue weighted by Gasteiger charge is -2.35. The van der Waals surface area contributed by atoms with Gasteiger partial charge in [-0.15, -0.1) is 12.4 Å². The summed E-state index contributed by atoms with van der Waals surface area (Å²) in [6, 6.07) is 9.30. The number of benzene rings is 1. The smallest absolute Gasteiger partial charge is 0.260 e. The zero-order valence-electron chi connectivity index (χ0n) is 15.7. The van der Waals surface area contributed by atoms with Crippen molar-refractivity contribution in [1.82, 2.24) is 10.2 Å². The molecule has 1 aliphatic carbocycles. The van der Waals surface area contributed by atoms with Gasteiger partial charge in [-0.1, -0.05) is 31.0 Å². The molecular formula is C20H30ClN3O3. The number of hydrogen-bond donors (Lipinski definition) is 2. The first kappa shape index (κ1) is 21.5. The van der Waals surface area contributed by atoms with Gasteiger partial charge in [-0.2, -0.15) is 0 Å². The molecule has 0 bridgehead atoms. The number of piperidine rings is 1. The van der Waals surface area contributed by atoms with Crippen molar-refractivity contribution in [2.24, 2.45) is 11.7 Å². The Morgan fingerprint density at radius 2 is 1.89 bits per heavy atom. The van der Waals surface area contributed by atoms with Crippen molar-refractivity contribution in [3.05, 3.63) is 30.3 Å². The highest BCUT2D eigenvalue weighted by Crippen LogP contribution is 2.29. The zero-order valence-corrected chi connectivity index (χ0v) is 16.5. The number of halogens is 1. The van der Waals surface area contributed by atoms with Gasteiger partial charge in [0.25, 0.3) is 5.91 Å². The number of nitrogens with one attached hydrogen (secondary N) is 1. The Kier molecular flexibility index (Phi) is 7.92. The summed E-state index contributed by atoms with van der Waals surface area (Å²) in [5.41, 5.74) is 5.68. The van der Waals surface area contributed by atoms with Gasteiger partial charge in [0.15, 0.2) is 6.61 Å². The molecule has 0 spiro atoms. The first-order chi connectivity index (χ1) is 12.6. The Balaban J connectivity index is 0.00000261. The molecule has 2 amide bonds. The topological polar surface area (TPSA) is 84.7 Å². The number of amides is 2. The van der Waals surface area contributed by atoms with Crippen molar-refractivity contribution in [3.8, 4) is 5.75 Å². The maximum absolute atomic E-state index is 12.7. The molecule has 6 nitrogen and oxygen atoms in total. The third-order valence-electron chi connectivity index (χ3n) is 5.59. The van der Waals surface area contributed by atoms with Gasteiger partial charge >= 0.3 is 0 Å². The van der Waals surface area contributed by atoms with E-state index < -0.39 is 0 Å². The number of nitrogens with two attached hydrogens (primary N) is 1. The third kappa shape index (κ3) is 5.59. The lowest BCUT2D eigenvalue weighted by molar-refractivity contribution is -0.137. The van der Waals surface area contributed by atoms with Gasteiger partial charge in [-0.25, -0.2) is 0 Å². The van der Waals surface area contributed by atoms with Gasteiger partial charge in [-0.3, -0.25) is 9.59 Å². The molecule has 0 radical (unpaired) electrons. The molecule has 1 aromatic carbocycles. The van der Waals surface area contributed by atoms with Gasteiger partial charge in [0.2, 0.25) is 5.91 Å². The van der Waals surface area contributed by atoms with Crippen molar-refractivity contribution in [1.29, 1.82) is 0 Å². The molecule has 1 unspecified atom stereocenters. The summed E-state index contributed by atoms with van der Waals surface area (Å²) < 4.78 is 5.55. The molecule has 1 saturated carbocycles. The van der Waals surface area contributed by atoms with Crippen LogP contribution in [0.2, 0.25) is 0 Å². The van der Waals surface area contributed by atoms with E-state index >= 15 is 0 Å². The third-order valence-corrected chi connectivity index (χ3v) is 5.59. The number of para-hydroxylation sites is 1. The maximum atomic E-state index is 12.7. The minimum absolute atomic E-state index is 0. The van der Waals surface area contributed by atoms with Crippen LogP contribution in [0, 0.1) is 5.92 Å². The summed E-state index contributed by atoms with van der Waals surface area (Å²) in [7, 11) is 0. The van der Waals surface area contributed by atoms with Gasteiger partial charge < -0.3 is 20.7 Å². The molecular weight excluding hydrogens is 366 g/mol. The Hall–Kier alpha value is -1.79. The quantitative estimate of drug-likeness (QED) is 0.772. The average Bonchev–Trinajstić information content (AvgIpc) is 3.16. The number of likely N-dealkylation sites (tertiary alicyclic amines) is 1. The molecule has 3 N–H and O–H groups in total. The van der Waals surface area contributed by atoms with Crippen LogP contribution in [0.15, 0.2) is 30.3 Å². The van der Waals surface area contributed by atoms with Crippen molar-refractivity contribution >= 4 is 24.2 Å². The average molecular weight is 396 g/mol. The Bertz CT molecular complexity index is 620. The Morgan fingerprint density at radius 3 is 2.56 bits per heavy atom. The minimum atomic E-state index is -0.236. The van der Waals surface area contributed by atoms with Crippen molar-refractivity contribution in [2.45, 2.75) is 44.1 Å². The van der Waals surface area contributed by atoms with E-state index in [-0.39, 0.29) is 42.3 Å². The number of hydrogen-bond acceptors (Lipinski definition) is 4. The summed E-state index contributed by atoms with van der Waals surface area (Å²) in [5, 5.41) is 3.20. The predicted octanol–water partition coefficient (Wildman–Crippen LogP) is 2.11. The molecule has 150 valence electrons. The largest absolute Gasteiger partial charge is 0.484 e. The van der Waals surface area contributed by atoms with Crippen LogP contribution in [-0.4, -0.2) is 48.5 Å². The second-order valence-electron chi connectivity index (χ2n) is 7.46. The van der Waals surface area contributed by atoms with Crippen molar-refractivity contribution in [2.75, 3.05) is 26.2 Å². The van der Waals surface area contributed by atoms with E-state index in [2.05, 4.69) is 5.32 Å². The molecule has 1 heterocycles. The van der Waals surface area contributed by atoms with E-state index in [4.69, 9.17) is 10.5 Å². The van der Waals surface area contributed by atoms with Crippen LogP contribution in [0.5, 0.6) is 5.75 Å². The highest BCUT2D eigenvalue weighted by atomic mass is 35.5. The zero-order chi connectivity index (χ0) is 18.4. The van der Waals surface area contributed by atoms with Gasteiger partial charge in [-0.05, 0) is 37.8 Å². The van der Waals surface area contributed by atoms with E-state index in [9.17, 15) is 9.59 Å². The van der Waals surface area contributed by atoms with Crippen molar-refractivity contribution < 1.29 is 14.3 Å². The Labute approximate surface area is 167 Å². The molecule has 1 aliphatic heterocycles. The second kappa shape index (κ2) is 9.95. The standard InChI is InChI=1S/C20H29N3O3.ClH/c21-15-20(10-4-5-11-20)22-19(25)16-7-6-12-23(13-16)18(24)14-26-17-8-2-1-3-9-17;/h1-3,8-9,16H,4-7,10-15,21H2,(H,22,25);1H. The number of ether oxygens (including phenoxy) is 1. The van der Waals surface area contributed by atoms with Gasteiger partial charge in [0.1, 0.15) is 5.75 Å². The normalized spacial score (nSPS) is 21.2. The van der Waals surface area contributed by atoms with E-state index in [1.165, 1.54) is 0 Å². The number of nitrogens with zero attached hydrogens (tertiary/aromatic N) is 1. The van der Waals surface area contributed by atoms with Gasteiger partial charge in [0, 0.05) is 19.6 Å². The van der Waals surface area contributed by atoms with Crippen LogP contribution in [-0.2, 0) is 9.59 Å². The summed E-state index contributed by atoms with van der Waals surface area (Å²) in [5.74, 6) is 0.492. The van der Waals surface area contributed by atoms with Crippen LogP contribution >= 0.6 is 12.4 Å². The fourth-order valence-corrected chi connectivity index (χ4v) is 3.97. The van der Waals surface area contributed by atoms with Crippen LogP contribution in [0.3, 0.4) is 0 Å². The Morgan fingerprint density at radius 1 is 1.19 bits per heavy atom.